The number of rotatable bonds is 14. The number of carbonyl (C=O) groups is 2. The van der Waals surface area contributed by atoms with Gasteiger partial charge in [0.25, 0.3) is 0 Å². The van der Waals surface area contributed by atoms with Gasteiger partial charge in [-0.25, -0.2) is 0 Å². The summed E-state index contributed by atoms with van der Waals surface area (Å²) < 4.78 is 5.63. The summed E-state index contributed by atoms with van der Waals surface area (Å²) in [5.41, 5.74) is 9.98. The van der Waals surface area contributed by atoms with E-state index >= 15 is 0 Å². The van der Waals surface area contributed by atoms with Crippen molar-refractivity contribution in [3.63, 3.8) is 0 Å². The Bertz CT molecular complexity index is 1880. The van der Waals surface area contributed by atoms with Gasteiger partial charge in [-0.3, -0.25) is 0 Å². The average molecular weight is 627 g/mol. The number of ether oxygens (including phenoxy) is 1. The Morgan fingerprint density at radius 1 is 0.638 bits per heavy atom. The lowest BCUT2D eigenvalue weighted by Crippen LogP contribution is -2.29. The summed E-state index contributed by atoms with van der Waals surface area (Å²) in [5.74, 6) is -0.945. The standard InChI is InChI=1S/C42H44O5/c1-27(2)20-34-22-29(13-19-41(43)44)12-16-38(34)32-14-17-39(33-15-18-40(47-26-42(45)46)36(25-33)21-28(3)4)35(24-32)23-31-10-7-9-30-8-5-6-11-37(30)31/h5-12,14-18,22,24-25,27-28H,13,19-21,23,26H2,1-4H3,(H,43,44)(H,45,46)/p-2. The van der Waals surface area contributed by atoms with E-state index in [0.717, 1.165) is 52.6 Å². The van der Waals surface area contributed by atoms with E-state index in [1.54, 1.807) is 0 Å². The zero-order valence-electron chi connectivity index (χ0n) is 27.7. The van der Waals surface area contributed by atoms with Gasteiger partial charge in [0.2, 0.25) is 0 Å². The molecule has 5 aromatic rings. The first-order valence-electron chi connectivity index (χ1n) is 16.4. The molecule has 0 radical (unpaired) electrons. The van der Waals surface area contributed by atoms with Crippen LogP contribution < -0.4 is 14.9 Å². The first kappa shape index (κ1) is 33.5. The van der Waals surface area contributed by atoms with E-state index in [2.05, 4.69) is 107 Å². The summed E-state index contributed by atoms with van der Waals surface area (Å²) in [6.07, 6.45) is 2.79. The zero-order valence-corrected chi connectivity index (χ0v) is 27.7. The maximum absolute atomic E-state index is 11.2. The molecule has 0 fully saturated rings. The van der Waals surface area contributed by atoms with Crippen LogP contribution in [0.5, 0.6) is 5.75 Å². The molecule has 0 heterocycles. The largest absolute Gasteiger partial charge is 0.550 e. The minimum atomic E-state index is -1.25. The molecule has 5 heteroatoms. The molecule has 0 spiro atoms. The summed E-state index contributed by atoms with van der Waals surface area (Å²) in [6.45, 7) is 8.17. The van der Waals surface area contributed by atoms with Gasteiger partial charge in [-0.05, 0) is 117 Å². The third kappa shape index (κ3) is 8.68. The smallest absolute Gasteiger partial charge is 0.128 e. The third-order valence-electron chi connectivity index (χ3n) is 8.44. The predicted molar refractivity (Wildman–Crippen MR) is 185 cm³/mol. The normalized spacial score (nSPS) is 11.4. The second kappa shape index (κ2) is 15.1. The molecule has 0 N–H and O–H groups in total. The van der Waals surface area contributed by atoms with Crippen LogP contribution in [0.1, 0.15) is 61.9 Å². The van der Waals surface area contributed by atoms with Crippen molar-refractivity contribution < 1.29 is 24.5 Å². The monoisotopic (exact) mass is 626 g/mol. The van der Waals surface area contributed by atoms with E-state index in [1.807, 2.05) is 18.2 Å². The fraction of sp³-hybridized carbons (Fsp3) is 0.286. The third-order valence-corrected chi connectivity index (χ3v) is 8.44. The SMILES string of the molecule is CC(C)Cc1cc(-c2ccc(-c3ccc(CCC(=O)[O-])cc3CC(C)C)cc2Cc2cccc3ccccc23)ccc1OCC(=O)[O-]. The number of aliphatic carboxylic acids is 2. The molecule has 0 saturated carbocycles. The van der Waals surface area contributed by atoms with Crippen LogP contribution in [-0.4, -0.2) is 18.5 Å². The number of carboxylic acid groups (broad SMARTS) is 2. The topological polar surface area (TPSA) is 89.5 Å². The van der Waals surface area contributed by atoms with Crippen molar-refractivity contribution in [3.05, 3.63) is 125 Å². The molecule has 0 aromatic heterocycles. The van der Waals surface area contributed by atoms with E-state index in [9.17, 15) is 19.8 Å². The second-order valence-electron chi connectivity index (χ2n) is 13.2. The first-order valence-corrected chi connectivity index (χ1v) is 16.4. The van der Waals surface area contributed by atoms with Gasteiger partial charge in [0, 0.05) is 5.97 Å². The molecule has 47 heavy (non-hydrogen) atoms. The van der Waals surface area contributed by atoms with Crippen molar-refractivity contribution in [2.45, 2.75) is 59.8 Å². The highest BCUT2D eigenvalue weighted by Crippen LogP contribution is 2.36. The molecule has 0 aliphatic rings. The molecule has 0 atom stereocenters. The maximum atomic E-state index is 11.2. The number of benzene rings is 5. The number of fused-ring (bicyclic) bond motifs is 1. The minimum absolute atomic E-state index is 0.000165. The molecular formula is C42H42O5-2. The van der Waals surface area contributed by atoms with E-state index in [0.29, 0.717) is 24.0 Å². The number of carboxylic acids is 2. The van der Waals surface area contributed by atoms with Crippen molar-refractivity contribution >= 4 is 22.7 Å². The lowest BCUT2D eigenvalue weighted by Gasteiger charge is -2.19. The Kier molecular flexibility index (Phi) is 10.8. The summed E-state index contributed by atoms with van der Waals surface area (Å²) in [5, 5.41) is 24.7. The van der Waals surface area contributed by atoms with Gasteiger partial charge in [-0.1, -0.05) is 113 Å². The quantitative estimate of drug-likeness (QED) is 0.133. The highest BCUT2D eigenvalue weighted by molar-refractivity contribution is 5.86. The Morgan fingerprint density at radius 3 is 2.00 bits per heavy atom. The van der Waals surface area contributed by atoms with E-state index in [-0.39, 0.29) is 6.42 Å². The van der Waals surface area contributed by atoms with Crippen molar-refractivity contribution in [1.29, 1.82) is 0 Å². The second-order valence-corrected chi connectivity index (χ2v) is 13.2. The fourth-order valence-electron chi connectivity index (χ4n) is 6.40. The molecule has 0 unspecified atom stereocenters. The van der Waals surface area contributed by atoms with Crippen LogP contribution in [0.4, 0.5) is 0 Å². The zero-order chi connectivity index (χ0) is 33.5. The molecule has 5 rings (SSSR count). The Balaban J connectivity index is 1.64. The summed E-state index contributed by atoms with van der Waals surface area (Å²) in [7, 11) is 0. The Hall–Kier alpha value is -4.90. The van der Waals surface area contributed by atoms with E-state index in [1.165, 1.54) is 27.5 Å². The first-order chi connectivity index (χ1) is 22.6. The van der Waals surface area contributed by atoms with E-state index in [4.69, 9.17) is 4.74 Å². The molecule has 5 aromatic carbocycles. The van der Waals surface area contributed by atoms with Gasteiger partial charge < -0.3 is 24.5 Å². The summed E-state index contributed by atoms with van der Waals surface area (Å²) in [4.78, 5) is 22.3. The maximum Gasteiger partial charge on any atom is 0.128 e. The number of hydrogen-bond donors (Lipinski definition) is 0. The van der Waals surface area contributed by atoms with Gasteiger partial charge >= 0.3 is 0 Å². The number of carbonyl (C=O) groups excluding carboxylic acids is 2. The van der Waals surface area contributed by atoms with Crippen molar-refractivity contribution in [2.24, 2.45) is 11.8 Å². The van der Waals surface area contributed by atoms with Gasteiger partial charge in [-0.2, -0.15) is 0 Å². The van der Waals surface area contributed by atoms with Crippen LogP contribution >= 0.6 is 0 Å². The molecular weight excluding hydrogens is 584 g/mol. The molecule has 0 bridgehead atoms. The molecule has 0 saturated heterocycles. The Labute approximate surface area is 277 Å². The molecule has 242 valence electrons. The van der Waals surface area contributed by atoms with Crippen LogP contribution in [0.25, 0.3) is 33.0 Å². The molecule has 5 nitrogen and oxygen atoms in total. The van der Waals surface area contributed by atoms with Crippen LogP contribution in [0.2, 0.25) is 0 Å². The fourth-order valence-corrected chi connectivity index (χ4v) is 6.40. The van der Waals surface area contributed by atoms with Gasteiger partial charge in [0.15, 0.2) is 0 Å². The lowest BCUT2D eigenvalue weighted by molar-refractivity contribution is -0.308. The van der Waals surface area contributed by atoms with Crippen molar-refractivity contribution in [2.75, 3.05) is 6.61 Å². The molecule has 0 aliphatic heterocycles. The molecule has 0 aliphatic carbocycles. The highest BCUT2D eigenvalue weighted by Gasteiger charge is 2.16. The van der Waals surface area contributed by atoms with Gasteiger partial charge in [0.1, 0.15) is 12.4 Å². The summed E-state index contributed by atoms with van der Waals surface area (Å²) in [6, 6.07) is 33.9. The average Bonchev–Trinajstić information content (AvgIpc) is 3.03. The van der Waals surface area contributed by atoms with Crippen LogP contribution in [0.15, 0.2) is 97.1 Å². The highest BCUT2D eigenvalue weighted by atomic mass is 16.5. The summed E-state index contributed by atoms with van der Waals surface area (Å²) >= 11 is 0. The number of aryl methyl sites for hydroxylation is 1. The number of hydrogen-bond acceptors (Lipinski definition) is 5. The van der Waals surface area contributed by atoms with Gasteiger partial charge in [0.05, 0.1) is 5.97 Å². The van der Waals surface area contributed by atoms with Crippen LogP contribution in [-0.2, 0) is 35.3 Å². The van der Waals surface area contributed by atoms with Crippen LogP contribution in [0, 0.1) is 11.8 Å². The van der Waals surface area contributed by atoms with Crippen molar-refractivity contribution in [1.82, 2.24) is 0 Å². The van der Waals surface area contributed by atoms with Crippen molar-refractivity contribution in [3.8, 4) is 28.0 Å². The van der Waals surface area contributed by atoms with E-state index < -0.39 is 18.5 Å². The van der Waals surface area contributed by atoms with Crippen LogP contribution in [0.3, 0.4) is 0 Å². The molecule has 0 amide bonds. The lowest BCUT2D eigenvalue weighted by atomic mass is 9.86. The van der Waals surface area contributed by atoms with Gasteiger partial charge in [-0.15, -0.1) is 0 Å². The Morgan fingerprint density at radius 2 is 1.28 bits per heavy atom. The predicted octanol–water partition coefficient (Wildman–Crippen LogP) is 6.97. The minimum Gasteiger partial charge on any atom is -0.550 e.